The standard InChI is InChI=1S/C12H16N.F6P/c1-13(2)9-5-8-11-6-3-4-7-12(11)10-13;1-7(2,3,4,5)6/h3-8H,9-10H2,1-2H3;/q+1;-1. The molecule has 0 saturated carbocycles. The van der Waals surface area contributed by atoms with Crippen molar-refractivity contribution >= 4 is 13.9 Å². The summed E-state index contributed by atoms with van der Waals surface area (Å²) in [5.74, 6) is 0. The Balaban J connectivity index is 0.000000246. The third-order valence-corrected chi connectivity index (χ3v) is 2.55. The van der Waals surface area contributed by atoms with E-state index in [4.69, 9.17) is 0 Å². The van der Waals surface area contributed by atoms with E-state index in [9.17, 15) is 25.2 Å². The van der Waals surface area contributed by atoms with Crippen LogP contribution in [0.1, 0.15) is 11.1 Å². The SMILES string of the molecule is C[N+]1(C)CC=Cc2ccccc2C1.F[P-](F)(F)(F)(F)F. The molecule has 0 spiro atoms. The molecule has 0 aromatic heterocycles. The van der Waals surface area contributed by atoms with Gasteiger partial charge in [0.1, 0.15) is 6.54 Å². The zero-order valence-corrected chi connectivity index (χ0v) is 11.9. The van der Waals surface area contributed by atoms with Crippen molar-refractivity contribution < 1.29 is 29.7 Å². The molecule has 0 aliphatic carbocycles. The predicted molar refractivity (Wildman–Crippen MR) is 69.7 cm³/mol. The van der Waals surface area contributed by atoms with E-state index >= 15 is 0 Å². The zero-order valence-electron chi connectivity index (χ0n) is 11.0. The molecule has 0 radical (unpaired) electrons. The van der Waals surface area contributed by atoms with Crippen LogP contribution in [0.4, 0.5) is 25.2 Å². The Labute approximate surface area is 113 Å². The molecule has 20 heavy (non-hydrogen) atoms. The van der Waals surface area contributed by atoms with E-state index < -0.39 is 7.81 Å². The van der Waals surface area contributed by atoms with Gasteiger partial charge in [-0.05, 0) is 11.6 Å². The van der Waals surface area contributed by atoms with Gasteiger partial charge in [0.05, 0.1) is 20.6 Å². The van der Waals surface area contributed by atoms with E-state index in [1.807, 2.05) is 0 Å². The van der Waals surface area contributed by atoms with Crippen LogP contribution in [0.15, 0.2) is 30.3 Å². The molecule has 1 aliphatic rings. The summed E-state index contributed by atoms with van der Waals surface area (Å²) in [7, 11) is -6.12. The first-order valence-corrected chi connectivity index (χ1v) is 7.78. The van der Waals surface area contributed by atoms with E-state index in [-0.39, 0.29) is 0 Å². The molecule has 1 aliphatic heterocycles. The summed E-state index contributed by atoms with van der Waals surface area (Å²) in [4.78, 5) is 0. The predicted octanol–water partition coefficient (Wildman–Crippen LogP) is 5.67. The summed E-state index contributed by atoms with van der Waals surface area (Å²) in [6.07, 6.45) is 4.51. The first-order chi connectivity index (χ1) is 8.62. The van der Waals surface area contributed by atoms with Crippen LogP contribution >= 0.6 is 7.81 Å². The molecule has 0 bridgehead atoms. The number of nitrogens with zero attached hydrogens (tertiary/aromatic N) is 1. The van der Waals surface area contributed by atoms with Gasteiger partial charge >= 0.3 is 33.0 Å². The fraction of sp³-hybridized carbons (Fsp3) is 0.333. The Morgan fingerprint density at radius 1 is 0.950 bits per heavy atom. The number of likely N-dealkylation sites (N-methyl/N-ethyl adjacent to an activating group) is 1. The van der Waals surface area contributed by atoms with Gasteiger partial charge < -0.3 is 4.48 Å². The molecule has 1 heterocycles. The average molecular weight is 319 g/mol. The van der Waals surface area contributed by atoms with Crippen molar-refractivity contribution in [2.45, 2.75) is 6.54 Å². The summed E-state index contributed by atoms with van der Waals surface area (Å²) in [6, 6.07) is 8.65. The molecule has 116 valence electrons. The summed E-state index contributed by atoms with van der Waals surface area (Å²) in [5.41, 5.74) is 2.84. The number of rotatable bonds is 0. The van der Waals surface area contributed by atoms with Crippen molar-refractivity contribution in [3.63, 3.8) is 0 Å². The van der Waals surface area contributed by atoms with E-state index in [0.717, 1.165) is 17.6 Å². The molecule has 2 rings (SSSR count). The minimum absolute atomic E-state index is 1.05. The monoisotopic (exact) mass is 319 g/mol. The van der Waals surface area contributed by atoms with Crippen molar-refractivity contribution in [1.29, 1.82) is 0 Å². The maximum atomic E-state index is 9.87. The van der Waals surface area contributed by atoms with Gasteiger partial charge in [-0.2, -0.15) is 0 Å². The van der Waals surface area contributed by atoms with Crippen LogP contribution in [0.5, 0.6) is 0 Å². The summed E-state index contributed by atoms with van der Waals surface area (Å²) >= 11 is 0. The Hall–Kier alpha value is -1.07. The fourth-order valence-corrected chi connectivity index (χ4v) is 1.83. The molecule has 1 nitrogen and oxygen atoms in total. The molecule has 0 amide bonds. The van der Waals surface area contributed by atoms with E-state index in [1.165, 1.54) is 11.1 Å². The van der Waals surface area contributed by atoms with Crippen LogP contribution in [-0.4, -0.2) is 25.1 Å². The molecule has 0 atom stereocenters. The van der Waals surface area contributed by atoms with Gasteiger partial charge in [-0.1, -0.05) is 30.3 Å². The Bertz CT molecular complexity index is 506. The van der Waals surface area contributed by atoms with Crippen LogP contribution in [0.2, 0.25) is 0 Å². The van der Waals surface area contributed by atoms with Gasteiger partial charge in [0, 0.05) is 5.56 Å². The molecule has 1 aromatic rings. The number of fused-ring (bicyclic) bond motifs is 1. The second kappa shape index (κ2) is 4.46. The number of halogens is 6. The fourth-order valence-electron chi connectivity index (χ4n) is 1.83. The van der Waals surface area contributed by atoms with E-state index in [0.29, 0.717) is 0 Å². The van der Waals surface area contributed by atoms with Crippen LogP contribution < -0.4 is 0 Å². The van der Waals surface area contributed by atoms with Gasteiger partial charge in [0.2, 0.25) is 0 Å². The van der Waals surface area contributed by atoms with Crippen molar-refractivity contribution in [1.82, 2.24) is 0 Å². The van der Waals surface area contributed by atoms with Crippen LogP contribution in [-0.2, 0) is 6.54 Å². The molecular formula is C12H16F6NP. The molecule has 0 fully saturated rings. The summed E-state index contributed by atoms with van der Waals surface area (Å²) in [6.45, 7) is 2.25. The Kier molecular flexibility index (Phi) is 3.79. The van der Waals surface area contributed by atoms with Gasteiger partial charge in [0.15, 0.2) is 0 Å². The number of hydrogen-bond acceptors (Lipinski definition) is 0. The minimum atomic E-state index is -10.7. The summed E-state index contributed by atoms with van der Waals surface area (Å²) in [5, 5.41) is 0. The van der Waals surface area contributed by atoms with Crippen molar-refractivity contribution in [2.75, 3.05) is 20.6 Å². The molecule has 0 N–H and O–H groups in total. The van der Waals surface area contributed by atoms with E-state index in [1.54, 1.807) is 0 Å². The second-order valence-electron chi connectivity index (χ2n) is 5.34. The average Bonchev–Trinajstić information content (AvgIpc) is 2.29. The van der Waals surface area contributed by atoms with Crippen LogP contribution in [0, 0.1) is 0 Å². The van der Waals surface area contributed by atoms with Crippen molar-refractivity contribution in [2.24, 2.45) is 0 Å². The first kappa shape index (κ1) is 17.0. The topological polar surface area (TPSA) is 0 Å². The Morgan fingerprint density at radius 2 is 1.45 bits per heavy atom. The van der Waals surface area contributed by atoms with Gasteiger partial charge in [0.25, 0.3) is 0 Å². The molecule has 8 heteroatoms. The van der Waals surface area contributed by atoms with Gasteiger partial charge in [-0.3, -0.25) is 0 Å². The molecule has 0 unspecified atom stereocenters. The number of hydrogen-bond donors (Lipinski definition) is 0. The number of quaternary nitrogens is 1. The number of benzene rings is 1. The van der Waals surface area contributed by atoms with Crippen molar-refractivity contribution in [3.05, 3.63) is 41.5 Å². The quantitative estimate of drug-likeness (QED) is 0.328. The normalized spacial score (nSPS) is 20.6. The van der Waals surface area contributed by atoms with Gasteiger partial charge in [-0.25, -0.2) is 0 Å². The van der Waals surface area contributed by atoms with Crippen LogP contribution in [0.3, 0.4) is 0 Å². The van der Waals surface area contributed by atoms with Crippen molar-refractivity contribution in [3.8, 4) is 0 Å². The molecule has 0 saturated heterocycles. The molecule has 1 aromatic carbocycles. The maximum absolute atomic E-state index is 10.7. The van der Waals surface area contributed by atoms with E-state index in [2.05, 4.69) is 50.5 Å². The van der Waals surface area contributed by atoms with Gasteiger partial charge in [-0.15, -0.1) is 0 Å². The second-order valence-corrected chi connectivity index (χ2v) is 7.25. The summed E-state index contributed by atoms with van der Waals surface area (Å²) < 4.78 is 60.2. The van der Waals surface area contributed by atoms with Crippen LogP contribution in [0.25, 0.3) is 6.08 Å². The third-order valence-electron chi connectivity index (χ3n) is 2.55. The zero-order chi connectivity index (χ0) is 15.7. The Morgan fingerprint density at radius 3 is 2.00 bits per heavy atom. The first-order valence-electron chi connectivity index (χ1n) is 5.75. The third kappa shape index (κ3) is 8.93. The molecular weight excluding hydrogens is 303 g/mol.